The van der Waals surface area contributed by atoms with Crippen LogP contribution >= 0.6 is 0 Å². The maximum Gasteiger partial charge on any atom is 0.332 e. The lowest BCUT2D eigenvalue weighted by Gasteiger charge is -2.14. The van der Waals surface area contributed by atoms with Crippen molar-refractivity contribution in [1.82, 2.24) is 0 Å². The van der Waals surface area contributed by atoms with E-state index in [1.54, 1.807) is 25.1 Å². The maximum absolute atomic E-state index is 11.6. The van der Waals surface area contributed by atoms with Crippen molar-refractivity contribution in [2.45, 2.75) is 13.3 Å². The van der Waals surface area contributed by atoms with Crippen molar-refractivity contribution in [3.8, 4) is 6.07 Å². The molecular formula is C18H15NO2. The van der Waals surface area contributed by atoms with Gasteiger partial charge in [-0.25, -0.2) is 4.79 Å². The lowest BCUT2D eigenvalue weighted by atomic mass is 9.89. The molecule has 0 aromatic heterocycles. The van der Waals surface area contributed by atoms with E-state index in [1.807, 2.05) is 36.4 Å². The molecule has 0 fully saturated rings. The van der Waals surface area contributed by atoms with Gasteiger partial charge in [-0.1, -0.05) is 55.5 Å². The first kappa shape index (κ1) is 14.5. The number of hydrogen-bond donors (Lipinski definition) is 1. The standard InChI is InChI=1S/C18H15NO2/c1-2-15(18(20)21)17(13-8-4-3-5-9-13)16-11-7-6-10-14(16)12-19/h3-11H,2H2,1H3,(H,20,21). The Kier molecular flexibility index (Phi) is 4.53. The van der Waals surface area contributed by atoms with Crippen LogP contribution in [0.5, 0.6) is 0 Å². The number of benzene rings is 2. The van der Waals surface area contributed by atoms with Crippen LogP contribution in [0.3, 0.4) is 0 Å². The van der Waals surface area contributed by atoms with Crippen LogP contribution in [-0.2, 0) is 4.79 Å². The summed E-state index contributed by atoms with van der Waals surface area (Å²) in [6.07, 6.45) is 0.388. The predicted molar refractivity (Wildman–Crippen MR) is 81.5 cm³/mol. The quantitative estimate of drug-likeness (QED) is 0.863. The second kappa shape index (κ2) is 6.53. The van der Waals surface area contributed by atoms with Crippen LogP contribution in [0.2, 0.25) is 0 Å². The van der Waals surface area contributed by atoms with E-state index < -0.39 is 5.97 Å². The minimum atomic E-state index is -0.955. The fourth-order valence-corrected chi connectivity index (χ4v) is 2.33. The number of carboxylic acids is 1. The largest absolute Gasteiger partial charge is 0.478 e. The van der Waals surface area contributed by atoms with Gasteiger partial charge in [0.25, 0.3) is 0 Å². The number of carbonyl (C=O) groups is 1. The number of nitrogens with zero attached hydrogens (tertiary/aromatic N) is 1. The van der Waals surface area contributed by atoms with Crippen LogP contribution in [-0.4, -0.2) is 11.1 Å². The van der Waals surface area contributed by atoms with Crippen molar-refractivity contribution in [2.24, 2.45) is 0 Å². The van der Waals surface area contributed by atoms with E-state index in [0.717, 1.165) is 5.56 Å². The van der Waals surface area contributed by atoms with Gasteiger partial charge in [-0.2, -0.15) is 5.26 Å². The SMILES string of the molecule is CCC(C(=O)O)=C(c1ccccc1)c1ccccc1C#N. The summed E-state index contributed by atoms with van der Waals surface area (Å²) in [4.78, 5) is 11.6. The van der Waals surface area contributed by atoms with Gasteiger partial charge in [0.1, 0.15) is 0 Å². The summed E-state index contributed by atoms with van der Waals surface area (Å²) in [5.41, 5.74) is 2.86. The maximum atomic E-state index is 11.6. The Morgan fingerprint density at radius 1 is 1.10 bits per heavy atom. The molecule has 0 aliphatic rings. The highest BCUT2D eigenvalue weighted by molar-refractivity contribution is 6.01. The molecule has 3 nitrogen and oxygen atoms in total. The topological polar surface area (TPSA) is 61.1 Å². The monoisotopic (exact) mass is 277 g/mol. The summed E-state index contributed by atoms with van der Waals surface area (Å²) in [6.45, 7) is 1.81. The molecule has 0 unspecified atom stereocenters. The van der Waals surface area contributed by atoms with Gasteiger partial charge in [-0.15, -0.1) is 0 Å². The number of hydrogen-bond acceptors (Lipinski definition) is 2. The van der Waals surface area contributed by atoms with Gasteiger partial charge >= 0.3 is 5.97 Å². The van der Waals surface area contributed by atoms with Gasteiger partial charge in [0.05, 0.1) is 11.6 Å². The molecule has 2 rings (SSSR count). The lowest BCUT2D eigenvalue weighted by Crippen LogP contribution is -2.05. The van der Waals surface area contributed by atoms with Crippen molar-refractivity contribution in [3.05, 3.63) is 76.9 Å². The highest BCUT2D eigenvalue weighted by atomic mass is 16.4. The Bertz CT molecular complexity index is 724. The van der Waals surface area contributed by atoms with Crippen LogP contribution in [0, 0.1) is 11.3 Å². The van der Waals surface area contributed by atoms with Gasteiger partial charge in [0.15, 0.2) is 0 Å². The van der Waals surface area contributed by atoms with Crippen molar-refractivity contribution in [1.29, 1.82) is 5.26 Å². The van der Waals surface area contributed by atoms with Crippen molar-refractivity contribution < 1.29 is 9.90 Å². The van der Waals surface area contributed by atoms with E-state index in [1.165, 1.54) is 0 Å². The zero-order valence-corrected chi connectivity index (χ0v) is 11.7. The predicted octanol–water partition coefficient (Wildman–Crippen LogP) is 3.85. The van der Waals surface area contributed by atoms with Crippen LogP contribution in [0.15, 0.2) is 60.2 Å². The average molecular weight is 277 g/mol. The van der Waals surface area contributed by atoms with Gasteiger partial charge in [-0.3, -0.25) is 0 Å². The Balaban J connectivity index is 2.80. The molecule has 0 saturated heterocycles. The Morgan fingerprint density at radius 3 is 2.29 bits per heavy atom. The molecule has 3 heteroatoms. The summed E-state index contributed by atoms with van der Waals surface area (Å²) in [7, 11) is 0. The second-order valence-corrected chi connectivity index (χ2v) is 4.54. The van der Waals surface area contributed by atoms with Crippen LogP contribution in [0.1, 0.15) is 30.0 Å². The smallest absolute Gasteiger partial charge is 0.332 e. The molecule has 104 valence electrons. The number of rotatable bonds is 4. The van der Waals surface area contributed by atoms with E-state index >= 15 is 0 Å². The van der Waals surface area contributed by atoms with Crippen LogP contribution in [0.25, 0.3) is 5.57 Å². The molecule has 0 radical (unpaired) electrons. The summed E-state index contributed by atoms with van der Waals surface area (Å²) in [6, 6.07) is 18.5. The molecule has 0 atom stereocenters. The molecule has 0 aliphatic carbocycles. The van der Waals surface area contributed by atoms with E-state index in [2.05, 4.69) is 6.07 Å². The van der Waals surface area contributed by atoms with Gasteiger partial charge in [0, 0.05) is 16.7 Å². The zero-order chi connectivity index (χ0) is 15.2. The summed E-state index contributed by atoms with van der Waals surface area (Å²) in [5, 5.41) is 18.8. The molecule has 0 heterocycles. The van der Waals surface area contributed by atoms with E-state index in [4.69, 9.17) is 0 Å². The second-order valence-electron chi connectivity index (χ2n) is 4.54. The molecule has 0 aliphatic heterocycles. The first-order valence-electron chi connectivity index (χ1n) is 6.70. The molecule has 2 aromatic rings. The van der Waals surface area contributed by atoms with E-state index in [0.29, 0.717) is 28.7 Å². The van der Waals surface area contributed by atoms with Crippen molar-refractivity contribution in [2.75, 3.05) is 0 Å². The zero-order valence-electron chi connectivity index (χ0n) is 11.7. The fraction of sp³-hybridized carbons (Fsp3) is 0.111. The third kappa shape index (κ3) is 3.01. The minimum absolute atomic E-state index is 0.309. The molecular weight excluding hydrogens is 262 g/mol. The summed E-state index contributed by atoms with van der Waals surface area (Å²) >= 11 is 0. The summed E-state index contributed by atoms with van der Waals surface area (Å²) in [5.74, 6) is -0.955. The van der Waals surface area contributed by atoms with E-state index in [-0.39, 0.29) is 0 Å². The number of nitriles is 1. The number of aliphatic carboxylic acids is 1. The Hall–Kier alpha value is -2.86. The minimum Gasteiger partial charge on any atom is -0.478 e. The molecule has 0 saturated carbocycles. The first-order valence-corrected chi connectivity index (χ1v) is 6.70. The Morgan fingerprint density at radius 2 is 1.71 bits per heavy atom. The normalized spacial score (nSPS) is 11.4. The summed E-state index contributed by atoms with van der Waals surface area (Å²) < 4.78 is 0. The van der Waals surface area contributed by atoms with E-state index in [9.17, 15) is 15.2 Å². The third-order valence-corrected chi connectivity index (χ3v) is 3.29. The fourth-order valence-electron chi connectivity index (χ4n) is 2.33. The number of carboxylic acid groups (broad SMARTS) is 1. The Labute approximate surface area is 123 Å². The lowest BCUT2D eigenvalue weighted by molar-refractivity contribution is -0.132. The molecule has 0 spiro atoms. The van der Waals surface area contributed by atoms with Gasteiger partial charge in [0.2, 0.25) is 0 Å². The van der Waals surface area contributed by atoms with Crippen molar-refractivity contribution in [3.63, 3.8) is 0 Å². The van der Waals surface area contributed by atoms with Crippen LogP contribution in [0.4, 0.5) is 0 Å². The highest BCUT2D eigenvalue weighted by Crippen LogP contribution is 2.30. The highest BCUT2D eigenvalue weighted by Gasteiger charge is 2.18. The van der Waals surface area contributed by atoms with Gasteiger partial charge in [-0.05, 0) is 18.1 Å². The van der Waals surface area contributed by atoms with Crippen LogP contribution < -0.4 is 0 Å². The molecule has 0 amide bonds. The average Bonchev–Trinajstić information content (AvgIpc) is 2.53. The molecule has 21 heavy (non-hydrogen) atoms. The van der Waals surface area contributed by atoms with Crippen molar-refractivity contribution >= 4 is 11.5 Å². The molecule has 1 N–H and O–H groups in total. The van der Waals surface area contributed by atoms with Gasteiger partial charge < -0.3 is 5.11 Å². The molecule has 0 bridgehead atoms. The first-order chi connectivity index (χ1) is 10.2. The molecule has 2 aromatic carbocycles. The third-order valence-electron chi connectivity index (χ3n) is 3.29.